The SMILES string of the molecule is COc1ccc(CN(C)[C@H](C)C(N)=O)cc1[N+](=O)[O-]. The molecule has 1 rings (SSSR count). The Morgan fingerprint density at radius 3 is 2.68 bits per heavy atom. The molecule has 1 amide bonds. The van der Waals surface area contributed by atoms with Gasteiger partial charge in [-0.3, -0.25) is 19.8 Å². The lowest BCUT2D eigenvalue weighted by Gasteiger charge is -2.21. The van der Waals surface area contributed by atoms with E-state index in [0.29, 0.717) is 12.1 Å². The first-order chi connectivity index (χ1) is 8.86. The lowest BCUT2D eigenvalue weighted by molar-refractivity contribution is -0.385. The molecule has 1 aromatic rings. The Labute approximate surface area is 111 Å². The maximum Gasteiger partial charge on any atom is 0.311 e. The van der Waals surface area contributed by atoms with Crippen molar-refractivity contribution in [2.75, 3.05) is 14.2 Å². The third-order valence-electron chi connectivity index (χ3n) is 2.94. The average molecular weight is 267 g/mol. The van der Waals surface area contributed by atoms with Crippen molar-refractivity contribution in [3.05, 3.63) is 33.9 Å². The van der Waals surface area contributed by atoms with Gasteiger partial charge in [-0.2, -0.15) is 0 Å². The Kier molecular flexibility index (Phi) is 4.82. The van der Waals surface area contributed by atoms with Crippen LogP contribution in [-0.4, -0.2) is 35.9 Å². The van der Waals surface area contributed by atoms with E-state index >= 15 is 0 Å². The summed E-state index contributed by atoms with van der Waals surface area (Å²) in [6, 6.07) is 4.25. The summed E-state index contributed by atoms with van der Waals surface area (Å²) in [6.07, 6.45) is 0. The van der Waals surface area contributed by atoms with Gasteiger partial charge in [0.15, 0.2) is 5.75 Å². The van der Waals surface area contributed by atoms with Crippen molar-refractivity contribution in [2.24, 2.45) is 5.73 Å². The minimum Gasteiger partial charge on any atom is -0.490 e. The van der Waals surface area contributed by atoms with Crippen LogP contribution in [0, 0.1) is 10.1 Å². The molecule has 0 saturated heterocycles. The van der Waals surface area contributed by atoms with Crippen molar-refractivity contribution < 1.29 is 14.5 Å². The number of carbonyl (C=O) groups excluding carboxylic acids is 1. The fourth-order valence-electron chi connectivity index (χ4n) is 1.62. The van der Waals surface area contributed by atoms with Gasteiger partial charge in [0.25, 0.3) is 0 Å². The molecule has 0 unspecified atom stereocenters. The maximum atomic E-state index is 11.1. The predicted molar refractivity (Wildman–Crippen MR) is 69.8 cm³/mol. The monoisotopic (exact) mass is 267 g/mol. The highest BCUT2D eigenvalue weighted by Crippen LogP contribution is 2.27. The topological polar surface area (TPSA) is 98.7 Å². The summed E-state index contributed by atoms with van der Waals surface area (Å²) in [4.78, 5) is 23.2. The summed E-state index contributed by atoms with van der Waals surface area (Å²) >= 11 is 0. The average Bonchev–Trinajstić information content (AvgIpc) is 2.37. The van der Waals surface area contributed by atoms with Crippen LogP contribution < -0.4 is 10.5 Å². The molecule has 0 fully saturated rings. The van der Waals surface area contributed by atoms with Crippen LogP contribution in [0.1, 0.15) is 12.5 Å². The van der Waals surface area contributed by atoms with E-state index in [1.165, 1.54) is 19.2 Å². The van der Waals surface area contributed by atoms with Crippen molar-refractivity contribution >= 4 is 11.6 Å². The summed E-state index contributed by atoms with van der Waals surface area (Å²) in [7, 11) is 3.11. The molecule has 7 nitrogen and oxygen atoms in total. The standard InChI is InChI=1S/C12H17N3O4/c1-8(12(13)16)14(2)7-9-4-5-11(19-3)10(6-9)15(17)18/h4-6,8H,7H2,1-3H3,(H2,13,16)/t8-/m1/s1. The van der Waals surface area contributed by atoms with Gasteiger partial charge in [0.05, 0.1) is 18.1 Å². The molecule has 1 atom stereocenters. The summed E-state index contributed by atoms with van der Waals surface area (Å²) in [5, 5.41) is 10.9. The number of methoxy groups -OCH3 is 1. The number of benzene rings is 1. The number of primary amides is 1. The highest BCUT2D eigenvalue weighted by molar-refractivity contribution is 5.79. The van der Waals surface area contributed by atoms with Crippen molar-refractivity contribution in [3.8, 4) is 5.75 Å². The van der Waals surface area contributed by atoms with Crippen LogP contribution in [0.4, 0.5) is 5.69 Å². The van der Waals surface area contributed by atoms with Crippen molar-refractivity contribution in [3.63, 3.8) is 0 Å². The summed E-state index contributed by atoms with van der Waals surface area (Å²) in [5.74, 6) is -0.232. The number of nitrogens with two attached hydrogens (primary N) is 1. The second kappa shape index (κ2) is 6.14. The summed E-state index contributed by atoms with van der Waals surface area (Å²) in [5.41, 5.74) is 5.82. The number of nitro groups is 1. The van der Waals surface area contributed by atoms with Crippen LogP contribution in [0.5, 0.6) is 5.75 Å². The van der Waals surface area contributed by atoms with Crippen LogP contribution in [-0.2, 0) is 11.3 Å². The summed E-state index contributed by atoms with van der Waals surface area (Å²) < 4.78 is 4.92. The highest BCUT2D eigenvalue weighted by Gasteiger charge is 2.18. The van der Waals surface area contributed by atoms with Gasteiger partial charge in [0.2, 0.25) is 5.91 Å². The Morgan fingerprint density at radius 1 is 1.58 bits per heavy atom. The molecule has 0 heterocycles. The Morgan fingerprint density at radius 2 is 2.21 bits per heavy atom. The molecule has 0 spiro atoms. The molecule has 1 aromatic carbocycles. The molecule has 0 aromatic heterocycles. The van der Waals surface area contributed by atoms with Crippen molar-refractivity contribution in [1.82, 2.24) is 4.90 Å². The van der Waals surface area contributed by atoms with Gasteiger partial charge in [-0.25, -0.2) is 0 Å². The first kappa shape index (κ1) is 14.9. The molecule has 0 saturated carbocycles. The molecular weight excluding hydrogens is 250 g/mol. The molecule has 2 N–H and O–H groups in total. The molecule has 0 aliphatic heterocycles. The number of ether oxygens (including phenoxy) is 1. The van der Waals surface area contributed by atoms with Gasteiger partial charge in [-0.1, -0.05) is 6.07 Å². The highest BCUT2D eigenvalue weighted by atomic mass is 16.6. The number of hydrogen-bond donors (Lipinski definition) is 1. The molecule has 0 bridgehead atoms. The van der Waals surface area contributed by atoms with Crippen LogP contribution in [0.15, 0.2) is 18.2 Å². The molecule has 0 radical (unpaired) electrons. The van der Waals surface area contributed by atoms with Crippen molar-refractivity contribution in [1.29, 1.82) is 0 Å². The number of hydrogen-bond acceptors (Lipinski definition) is 5. The lowest BCUT2D eigenvalue weighted by atomic mass is 10.1. The van der Waals surface area contributed by atoms with Crippen LogP contribution >= 0.6 is 0 Å². The van der Waals surface area contributed by atoms with Gasteiger partial charge in [-0.15, -0.1) is 0 Å². The van der Waals surface area contributed by atoms with Crippen LogP contribution in [0.25, 0.3) is 0 Å². The van der Waals surface area contributed by atoms with Crippen molar-refractivity contribution in [2.45, 2.75) is 19.5 Å². The number of carbonyl (C=O) groups is 1. The Hall–Kier alpha value is -2.15. The third-order valence-corrected chi connectivity index (χ3v) is 2.94. The normalized spacial score (nSPS) is 12.2. The fraction of sp³-hybridized carbons (Fsp3) is 0.417. The number of likely N-dealkylation sites (N-methyl/N-ethyl adjacent to an activating group) is 1. The van der Waals surface area contributed by atoms with E-state index in [-0.39, 0.29) is 11.4 Å². The second-order valence-corrected chi connectivity index (χ2v) is 4.26. The zero-order valence-electron chi connectivity index (χ0n) is 11.1. The Bertz CT molecular complexity index is 490. The van der Waals surface area contributed by atoms with Crippen LogP contribution in [0.3, 0.4) is 0 Å². The first-order valence-electron chi connectivity index (χ1n) is 5.67. The number of rotatable bonds is 6. The van der Waals surface area contributed by atoms with Gasteiger partial charge in [-0.05, 0) is 25.6 Å². The fourth-order valence-corrected chi connectivity index (χ4v) is 1.62. The minimum atomic E-state index is -0.500. The first-order valence-corrected chi connectivity index (χ1v) is 5.67. The van der Waals surface area contributed by atoms with E-state index in [9.17, 15) is 14.9 Å². The molecular formula is C12H17N3O4. The summed E-state index contributed by atoms with van der Waals surface area (Å²) in [6.45, 7) is 2.06. The largest absolute Gasteiger partial charge is 0.490 e. The third kappa shape index (κ3) is 3.65. The minimum absolute atomic E-state index is 0.0971. The van der Waals surface area contributed by atoms with E-state index < -0.39 is 16.9 Å². The lowest BCUT2D eigenvalue weighted by Crippen LogP contribution is -2.39. The van der Waals surface area contributed by atoms with E-state index in [4.69, 9.17) is 10.5 Å². The second-order valence-electron chi connectivity index (χ2n) is 4.26. The Balaban J connectivity index is 2.94. The maximum absolute atomic E-state index is 11.1. The van der Waals surface area contributed by atoms with E-state index in [0.717, 1.165) is 0 Å². The van der Waals surface area contributed by atoms with Crippen LogP contribution in [0.2, 0.25) is 0 Å². The van der Waals surface area contributed by atoms with Gasteiger partial charge < -0.3 is 10.5 Å². The van der Waals surface area contributed by atoms with Gasteiger partial charge in [0.1, 0.15) is 0 Å². The molecule has 104 valence electrons. The van der Waals surface area contributed by atoms with Gasteiger partial charge >= 0.3 is 5.69 Å². The zero-order valence-corrected chi connectivity index (χ0v) is 11.1. The molecule has 19 heavy (non-hydrogen) atoms. The quantitative estimate of drug-likeness (QED) is 0.610. The van der Waals surface area contributed by atoms with Gasteiger partial charge in [0, 0.05) is 12.6 Å². The molecule has 0 aliphatic rings. The van der Waals surface area contributed by atoms with E-state index in [1.54, 1.807) is 24.9 Å². The predicted octanol–water partition coefficient (Wildman–Crippen LogP) is 0.909. The zero-order chi connectivity index (χ0) is 14.6. The van der Waals surface area contributed by atoms with E-state index in [2.05, 4.69) is 0 Å². The molecule has 7 heteroatoms. The van der Waals surface area contributed by atoms with E-state index in [1.807, 2.05) is 0 Å². The number of nitro benzene ring substituents is 1. The smallest absolute Gasteiger partial charge is 0.311 e. The molecule has 0 aliphatic carbocycles. The number of amides is 1. The number of nitrogens with zero attached hydrogens (tertiary/aromatic N) is 2.